The topological polar surface area (TPSA) is 50.8 Å². The third kappa shape index (κ3) is 2.07. The van der Waals surface area contributed by atoms with E-state index in [1.807, 2.05) is 30.5 Å². The molecular formula is C17H17N3O. The van der Waals surface area contributed by atoms with Gasteiger partial charge in [-0.3, -0.25) is 0 Å². The summed E-state index contributed by atoms with van der Waals surface area (Å²) in [6.07, 6.45) is 6.56. The van der Waals surface area contributed by atoms with Crippen LogP contribution in [0.3, 0.4) is 0 Å². The predicted octanol–water partition coefficient (Wildman–Crippen LogP) is 3.51. The Morgan fingerprint density at radius 1 is 1.10 bits per heavy atom. The molecule has 4 nitrogen and oxygen atoms in total. The summed E-state index contributed by atoms with van der Waals surface area (Å²) in [5, 5.41) is 0. The number of methoxy groups -OCH3 is 1. The molecule has 21 heavy (non-hydrogen) atoms. The van der Waals surface area contributed by atoms with Crippen molar-refractivity contribution in [2.45, 2.75) is 25.7 Å². The number of aromatic amines is 1. The van der Waals surface area contributed by atoms with Gasteiger partial charge >= 0.3 is 0 Å². The van der Waals surface area contributed by atoms with Gasteiger partial charge in [-0.15, -0.1) is 0 Å². The number of hydrogen-bond donors (Lipinski definition) is 1. The lowest BCUT2D eigenvalue weighted by molar-refractivity contribution is 0.415. The Bertz CT molecular complexity index is 790. The van der Waals surface area contributed by atoms with Crippen LogP contribution < -0.4 is 4.74 Å². The minimum absolute atomic E-state index is 0.854. The van der Waals surface area contributed by atoms with Gasteiger partial charge in [0.2, 0.25) is 0 Å². The summed E-state index contributed by atoms with van der Waals surface area (Å²) in [7, 11) is 1.67. The van der Waals surface area contributed by atoms with Crippen LogP contribution in [0.4, 0.5) is 0 Å². The Hall–Kier alpha value is -2.36. The van der Waals surface area contributed by atoms with Gasteiger partial charge in [0.1, 0.15) is 11.3 Å². The van der Waals surface area contributed by atoms with Crippen molar-refractivity contribution in [2.24, 2.45) is 0 Å². The molecule has 0 fully saturated rings. The van der Waals surface area contributed by atoms with Gasteiger partial charge in [-0.1, -0.05) is 0 Å². The maximum atomic E-state index is 5.20. The van der Waals surface area contributed by atoms with Crippen molar-refractivity contribution >= 4 is 11.2 Å². The van der Waals surface area contributed by atoms with Crippen molar-refractivity contribution in [2.75, 3.05) is 7.11 Å². The molecule has 2 aromatic heterocycles. The van der Waals surface area contributed by atoms with Crippen LogP contribution in [0, 0.1) is 0 Å². The second-order valence-electron chi connectivity index (χ2n) is 5.47. The quantitative estimate of drug-likeness (QED) is 0.781. The molecule has 1 aromatic carbocycles. The minimum Gasteiger partial charge on any atom is -0.497 e. The van der Waals surface area contributed by atoms with E-state index in [1.54, 1.807) is 7.11 Å². The zero-order chi connectivity index (χ0) is 14.2. The molecule has 0 aliphatic heterocycles. The average molecular weight is 279 g/mol. The molecule has 4 rings (SSSR count). The van der Waals surface area contributed by atoms with Gasteiger partial charge in [0, 0.05) is 16.8 Å². The Labute approximate surface area is 123 Å². The van der Waals surface area contributed by atoms with Crippen molar-refractivity contribution in [3.8, 4) is 17.0 Å². The molecule has 0 bridgehead atoms. The normalized spacial score (nSPS) is 14.1. The maximum Gasteiger partial charge on any atom is 0.156 e. The molecule has 0 saturated carbocycles. The van der Waals surface area contributed by atoms with E-state index in [9.17, 15) is 0 Å². The minimum atomic E-state index is 0.854. The van der Waals surface area contributed by atoms with E-state index in [1.165, 1.54) is 24.1 Å². The zero-order valence-corrected chi connectivity index (χ0v) is 12.0. The van der Waals surface area contributed by atoms with E-state index in [4.69, 9.17) is 9.72 Å². The van der Waals surface area contributed by atoms with E-state index in [0.717, 1.165) is 41.0 Å². The fourth-order valence-electron chi connectivity index (χ4n) is 3.04. The number of ether oxygens (including phenoxy) is 1. The van der Waals surface area contributed by atoms with E-state index in [2.05, 4.69) is 9.97 Å². The summed E-state index contributed by atoms with van der Waals surface area (Å²) in [6, 6.07) is 7.95. The molecular weight excluding hydrogens is 262 g/mol. The number of benzene rings is 1. The number of rotatable bonds is 2. The number of aryl methyl sites for hydroxylation is 2. The van der Waals surface area contributed by atoms with Gasteiger partial charge in [0.05, 0.1) is 19.0 Å². The summed E-state index contributed by atoms with van der Waals surface area (Å²) in [5.74, 6) is 0.854. The van der Waals surface area contributed by atoms with Crippen LogP contribution in [0.5, 0.6) is 5.75 Å². The van der Waals surface area contributed by atoms with E-state index >= 15 is 0 Å². The molecule has 0 amide bonds. The highest BCUT2D eigenvalue weighted by Gasteiger charge is 2.17. The van der Waals surface area contributed by atoms with Crippen LogP contribution in [-0.4, -0.2) is 22.1 Å². The Morgan fingerprint density at radius 2 is 1.90 bits per heavy atom. The van der Waals surface area contributed by atoms with E-state index in [-0.39, 0.29) is 0 Å². The van der Waals surface area contributed by atoms with Gasteiger partial charge in [-0.25, -0.2) is 9.97 Å². The molecule has 0 atom stereocenters. The standard InChI is InChI=1S/C17H17N3O/c1-21-12-8-6-11(7-9-12)15-10-18-17-16(19-15)13-4-2-3-5-14(13)20-17/h6-10H,2-5H2,1H3,(H,18,20). The lowest BCUT2D eigenvalue weighted by Gasteiger charge is -2.09. The fraction of sp³-hybridized carbons (Fsp3) is 0.294. The number of aromatic nitrogens is 3. The third-order valence-corrected chi connectivity index (χ3v) is 4.18. The fourth-order valence-corrected chi connectivity index (χ4v) is 3.04. The zero-order valence-electron chi connectivity index (χ0n) is 12.0. The molecule has 1 aliphatic rings. The number of H-pyrrole nitrogens is 1. The van der Waals surface area contributed by atoms with Crippen LogP contribution in [0.25, 0.3) is 22.4 Å². The number of fused-ring (bicyclic) bond motifs is 3. The molecule has 0 spiro atoms. The molecule has 1 N–H and O–H groups in total. The van der Waals surface area contributed by atoms with E-state index < -0.39 is 0 Å². The Morgan fingerprint density at radius 3 is 2.71 bits per heavy atom. The molecule has 3 aromatic rings. The highest BCUT2D eigenvalue weighted by molar-refractivity contribution is 5.79. The highest BCUT2D eigenvalue weighted by Crippen LogP contribution is 2.29. The number of nitrogens with zero attached hydrogens (tertiary/aromatic N) is 2. The first-order chi connectivity index (χ1) is 10.3. The lowest BCUT2D eigenvalue weighted by atomic mass is 9.97. The second-order valence-corrected chi connectivity index (χ2v) is 5.47. The van der Waals surface area contributed by atoms with E-state index in [0.29, 0.717) is 0 Å². The summed E-state index contributed by atoms with van der Waals surface area (Å²) >= 11 is 0. The lowest BCUT2D eigenvalue weighted by Crippen LogP contribution is -2.00. The summed E-state index contributed by atoms with van der Waals surface area (Å²) < 4.78 is 5.20. The molecule has 2 heterocycles. The first-order valence-corrected chi connectivity index (χ1v) is 7.36. The summed E-state index contributed by atoms with van der Waals surface area (Å²) in [6.45, 7) is 0. The third-order valence-electron chi connectivity index (χ3n) is 4.18. The largest absolute Gasteiger partial charge is 0.497 e. The molecule has 1 aliphatic carbocycles. The monoisotopic (exact) mass is 279 g/mol. The summed E-state index contributed by atoms with van der Waals surface area (Å²) in [5.41, 5.74) is 6.62. The van der Waals surface area contributed by atoms with Gasteiger partial charge in [-0.2, -0.15) is 0 Å². The Kier molecular flexibility index (Phi) is 2.88. The van der Waals surface area contributed by atoms with Crippen molar-refractivity contribution in [1.82, 2.24) is 15.0 Å². The van der Waals surface area contributed by atoms with Gasteiger partial charge in [0.25, 0.3) is 0 Å². The van der Waals surface area contributed by atoms with Crippen molar-refractivity contribution in [1.29, 1.82) is 0 Å². The van der Waals surface area contributed by atoms with Crippen LogP contribution >= 0.6 is 0 Å². The Balaban J connectivity index is 1.82. The van der Waals surface area contributed by atoms with Crippen molar-refractivity contribution < 1.29 is 4.74 Å². The first-order valence-electron chi connectivity index (χ1n) is 7.36. The number of hydrogen-bond acceptors (Lipinski definition) is 3. The average Bonchev–Trinajstić information content (AvgIpc) is 2.93. The first kappa shape index (κ1) is 12.4. The van der Waals surface area contributed by atoms with Gasteiger partial charge in [-0.05, 0) is 49.9 Å². The predicted molar refractivity (Wildman–Crippen MR) is 82.5 cm³/mol. The second kappa shape index (κ2) is 4.88. The molecule has 0 saturated heterocycles. The highest BCUT2D eigenvalue weighted by atomic mass is 16.5. The molecule has 0 unspecified atom stereocenters. The SMILES string of the molecule is COc1ccc(-c2cnc3[nH]c4c(c3n2)CCCC4)cc1. The van der Waals surface area contributed by atoms with Gasteiger partial charge < -0.3 is 9.72 Å². The van der Waals surface area contributed by atoms with Crippen LogP contribution in [0.2, 0.25) is 0 Å². The van der Waals surface area contributed by atoms with Crippen molar-refractivity contribution in [3.05, 3.63) is 41.7 Å². The molecule has 106 valence electrons. The smallest absolute Gasteiger partial charge is 0.156 e. The molecule has 0 radical (unpaired) electrons. The number of nitrogens with one attached hydrogen (secondary N) is 1. The van der Waals surface area contributed by atoms with Crippen LogP contribution in [0.1, 0.15) is 24.1 Å². The maximum absolute atomic E-state index is 5.20. The van der Waals surface area contributed by atoms with Crippen molar-refractivity contribution in [3.63, 3.8) is 0 Å². The summed E-state index contributed by atoms with van der Waals surface area (Å²) in [4.78, 5) is 12.8. The van der Waals surface area contributed by atoms with Crippen LogP contribution in [0.15, 0.2) is 30.5 Å². The molecule has 4 heteroatoms. The van der Waals surface area contributed by atoms with Gasteiger partial charge in [0.15, 0.2) is 5.65 Å². The van der Waals surface area contributed by atoms with Crippen LogP contribution in [-0.2, 0) is 12.8 Å².